The molecule has 2 heterocycles. The van der Waals surface area contributed by atoms with Gasteiger partial charge in [-0.3, -0.25) is 14.7 Å². The van der Waals surface area contributed by atoms with Gasteiger partial charge in [0.1, 0.15) is 0 Å². The van der Waals surface area contributed by atoms with E-state index in [1.165, 1.54) is 5.56 Å². The molecule has 0 aliphatic carbocycles. The molecular formula is C18H21ClN2O2. The first kappa shape index (κ1) is 16.2. The molecule has 1 saturated heterocycles. The Bertz CT molecular complexity index is 704. The molecule has 1 aliphatic rings. The summed E-state index contributed by atoms with van der Waals surface area (Å²) in [7, 11) is 0. The van der Waals surface area contributed by atoms with Gasteiger partial charge in [-0.15, -0.1) is 0 Å². The number of halogens is 1. The fraction of sp³-hybridized carbons (Fsp3) is 0.444. The molecule has 0 amide bonds. The zero-order valence-corrected chi connectivity index (χ0v) is 13.8. The van der Waals surface area contributed by atoms with Crippen LogP contribution in [0, 0.1) is 5.92 Å². The largest absolute Gasteiger partial charge is 0.481 e. The first-order valence-electron chi connectivity index (χ1n) is 8.10. The summed E-state index contributed by atoms with van der Waals surface area (Å²) in [5.74, 6) is -0.381. The van der Waals surface area contributed by atoms with E-state index in [1.807, 2.05) is 18.2 Å². The quantitative estimate of drug-likeness (QED) is 0.920. The number of carboxylic acid groups (broad SMARTS) is 1. The lowest BCUT2D eigenvalue weighted by Gasteiger charge is -2.21. The third-order valence-corrected chi connectivity index (χ3v) is 4.93. The summed E-state index contributed by atoms with van der Waals surface area (Å²) in [5.41, 5.74) is 2.15. The highest BCUT2D eigenvalue weighted by Gasteiger charge is 2.20. The van der Waals surface area contributed by atoms with Crippen LogP contribution in [-0.2, 0) is 11.3 Å². The monoisotopic (exact) mass is 332 g/mol. The van der Waals surface area contributed by atoms with Crippen LogP contribution in [0.4, 0.5) is 0 Å². The van der Waals surface area contributed by atoms with E-state index in [4.69, 9.17) is 16.7 Å². The second-order valence-electron chi connectivity index (χ2n) is 6.28. The summed E-state index contributed by atoms with van der Waals surface area (Å²) >= 11 is 6.26. The highest BCUT2D eigenvalue weighted by Crippen LogP contribution is 2.27. The van der Waals surface area contributed by atoms with Crippen molar-refractivity contribution in [2.75, 3.05) is 13.1 Å². The van der Waals surface area contributed by atoms with E-state index in [2.05, 4.69) is 16.0 Å². The summed E-state index contributed by atoms with van der Waals surface area (Å²) in [4.78, 5) is 17.8. The van der Waals surface area contributed by atoms with Crippen molar-refractivity contribution in [1.82, 2.24) is 9.88 Å². The van der Waals surface area contributed by atoms with Crippen LogP contribution in [0.1, 0.15) is 31.2 Å². The highest BCUT2D eigenvalue weighted by atomic mass is 35.5. The van der Waals surface area contributed by atoms with E-state index in [1.54, 1.807) is 6.20 Å². The van der Waals surface area contributed by atoms with Crippen molar-refractivity contribution in [3.63, 3.8) is 0 Å². The molecule has 4 nitrogen and oxygen atoms in total. The van der Waals surface area contributed by atoms with Gasteiger partial charge in [0, 0.05) is 29.6 Å². The van der Waals surface area contributed by atoms with Crippen LogP contribution in [-0.4, -0.2) is 34.0 Å². The van der Waals surface area contributed by atoms with Crippen molar-refractivity contribution < 1.29 is 9.90 Å². The van der Waals surface area contributed by atoms with Crippen molar-refractivity contribution >= 4 is 28.5 Å². The van der Waals surface area contributed by atoms with Gasteiger partial charge >= 0.3 is 5.97 Å². The van der Waals surface area contributed by atoms with Gasteiger partial charge in [0.2, 0.25) is 0 Å². The van der Waals surface area contributed by atoms with E-state index in [-0.39, 0.29) is 0 Å². The van der Waals surface area contributed by atoms with E-state index in [0.717, 1.165) is 54.8 Å². The molecule has 3 rings (SSSR count). The van der Waals surface area contributed by atoms with E-state index >= 15 is 0 Å². The summed E-state index contributed by atoms with van der Waals surface area (Å²) < 4.78 is 0. The lowest BCUT2D eigenvalue weighted by atomic mass is 9.97. The Morgan fingerprint density at radius 2 is 2.17 bits per heavy atom. The number of fused-ring (bicyclic) bond motifs is 1. The van der Waals surface area contributed by atoms with Gasteiger partial charge in [-0.1, -0.05) is 17.7 Å². The Morgan fingerprint density at radius 1 is 1.30 bits per heavy atom. The molecule has 1 N–H and O–H groups in total. The molecule has 1 atom stereocenters. The fourth-order valence-corrected chi connectivity index (χ4v) is 3.61. The molecule has 1 aromatic heterocycles. The van der Waals surface area contributed by atoms with E-state index in [0.29, 0.717) is 12.3 Å². The molecule has 1 aromatic carbocycles. The van der Waals surface area contributed by atoms with Crippen LogP contribution >= 0.6 is 11.6 Å². The summed E-state index contributed by atoms with van der Waals surface area (Å²) in [5, 5.41) is 10.7. The summed E-state index contributed by atoms with van der Waals surface area (Å²) in [6.45, 7) is 2.78. The average Bonchev–Trinajstić information content (AvgIpc) is 2.75. The van der Waals surface area contributed by atoms with Crippen LogP contribution in [0.2, 0.25) is 5.02 Å². The number of likely N-dealkylation sites (tertiary alicyclic amines) is 1. The van der Waals surface area contributed by atoms with Crippen molar-refractivity contribution in [1.29, 1.82) is 0 Å². The van der Waals surface area contributed by atoms with Gasteiger partial charge in [0.25, 0.3) is 0 Å². The van der Waals surface area contributed by atoms with Crippen LogP contribution in [0.25, 0.3) is 10.9 Å². The van der Waals surface area contributed by atoms with Gasteiger partial charge in [0.15, 0.2) is 0 Å². The fourth-order valence-electron chi connectivity index (χ4n) is 3.40. The molecule has 1 fully saturated rings. The maximum Gasteiger partial charge on any atom is 0.303 e. The molecule has 0 bridgehead atoms. The van der Waals surface area contributed by atoms with Gasteiger partial charge in [-0.05, 0) is 62.0 Å². The number of carboxylic acids is 1. The number of pyridine rings is 1. The Morgan fingerprint density at radius 3 is 3.00 bits per heavy atom. The third-order valence-electron chi connectivity index (χ3n) is 4.60. The lowest BCUT2D eigenvalue weighted by Crippen LogP contribution is -2.24. The topological polar surface area (TPSA) is 53.4 Å². The van der Waals surface area contributed by atoms with Crippen LogP contribution in [0.3, 0.4) is 0 Å². The van der Waals surface area contributed by atoms with Crippen molar-refractivity contribution in [3.05, 3.63) is 41.0 Å². The predicted octanol–water partition coefficient (Wildman–Crippen LogP) is 3.97. The molecule has 1 aliphatic heterocycles. The molecule has 0 unspecified atom stereocenters. The Kier molecular flexibility index (Phi) is 5.13. The summed E-state index contributed by atoms with van der Waals surface area (Å²) in [6.07, 6.45) is 5.09. The molecular weight excluding hydrogens is 312 g/mol. The lowest BCUT2D eigenvalue weighted by molar-refractivity contribution is -0.138. The number of nitrogens with zero attached hydrogens (tertiary/aromatic N) is 2. The van der Waals surface area contributed by atoms with Crippen LogP contribution in [0.15, 0.2) is 30.5 Å². The number of aliphatic carboxylic acids is 1. The maximum atomic E-state index is 10.9. The van der Waals surface area contributed by atoms with Gasteiger partial charge < -0.3 is 5.11 Å². The van der Waals surface area contributed by atoms with Crippen LogP contribution in [0.5, 0.6) is 0 Å². The third kappa shape index (κ3) is 4.01. The number of benzene rings is 1. The van der Waals surface area contributed by atoms with E-state index < -0.39 is 5.97 Å². The van der Waals surface area contributed by atoms with Crippen molar-refractivity contribution in [2.24, 2.45) is 5.92 Å². The molecule has 2 aromatic rings. The van der Waals surface area contributed by atoms with Gasteiger partial charge in [-0.25, -0.2) is 0 Å². The molecule has 0 radical (unpaired) electrons. The summed E-state index contributed by atoms with van der Waals surface area (Å²) in [6, 6.07) is 7.89. The minimum absolute atomic E-state index is 0.291. The standard InChI is InChI=1S/C18H21ClN2O2/c19-16-6-5-14(18-15(16)4-1-8-20-18)12-21-9-2-3-13(7-10-21)11-17(22)23/h1,4-6,8,13H,2-3,7,9-12H2,(H,22,23)/t13-/m0/s1. The van der Waals surface area contributed by atoms with E-state index in [9.17, 15) is 4.79 Å². The second-order valence-corrected chi connectivity index (χ2v) is 6.68. The molecule has 23 heavy (non-hydrogen) atoms. The predicted molar refractivity (Wildman–Crippen MR) is 91.6 cm³/mol. The average molecular weight is 333 g/mol. The zero-order chi connectivity index (χ0) is 16.2. The highest BCUT2D eigenvalue weighted by molar-refractivity contribution is 6.35. The number of carbonyl (C=O) groups is 1. The maximum absolute atomic E-state index is 10.9. The normalized spacial score (nSPS) is 19.6. The van der Waals surface area contributed by atoms with Crippen molar-refractivity contribution in [2.45, 2.75) is 32.2 Å². The molecule has 0 spiro atoms. The number of rotatable bonds is 4. The Balaban J connectivity index is 1.73. The minimum atomic E-state index is -0.684. The molecule has 0 saturated carbocycles. The molecule has 5 heteroatoms. The second kappa shape index (κ2) is 7.28. The zero-order valence-electron chi connectivity index (χ0n) is 13.0. The number of aromatic nitrogens is 1. The minimum Gasteiger partial charge on any atom is -0.481 e. The molecule has 122 valence electrons. The first-order chi connectivity index (χ1) is 11.1. The number of hydrogen-bond donors (Lipinski definition) is 1. The smallest absolute Gasteiger partial charge is 0.303 e. The first-order valence-corrected chi connectivity index (χ1v) is 8.47. The van der Waals surface area contributed by atoms with Gasteiger partial charge in [-0.2, -0.15) is 0 Å². The van der Waals surface area contributed by atoms with Gasteiger partial charge in [0.05, 0.1) is 5.52 Å². The van der Waals surface area contributed by atoms with Crippen molar-refractivity contribution in [3.8, 4) is 0 Å². The van der Waals surface area contributed by atoms with Crippen LogP contribution < -0.4 is 0 Å². The number of hydrogen-bond acceptors (Lipinski definition) is 3. The SMILES string of the molecule is O=C(O)C[C@H]1CCCN(Cc2ccc(Cl)c3cccnc23)CC1. The Labute approximate surface area is 141 Å². The Hall–Kier alpha value is -1.65.